The van der Waals surface area contributed by atoms with Gasteiger partial charge in [-0.2, -0.15) is 0 Å². The van der Waals surface area contributed by atoms with Gasteiger partial charge in [-0.25, -0.2) is 4.79 Å². The Morgan fingerprint density at radius 2 is 2.00 bits per heavy atom. The summed E-state index contributed by atoms with van der Waals surface area (Å²) in [7, 11) is 0. The van der Waals surface area contributed by atoms with Gasteiger partial charge in [-0.15, -0.1) is 0 Å². The fraction of sp³-hybridized carbons (Fsp3) is 0.533. The first kappa shape index (κ1) is 15.0. The van der Waals surface area contributed by atoms with E-state index in [0.717, 1.165) is 37.6 Å². The predicted molar refractivity (Wildman–Crippen MR) is 80.3 cm³/mol. The molecule has 1 aromatic rings. The van der Waals surface area contributed by atoms with Crippen molar-refractivity contribution in [3.05, 3.63) is 29.3 Å². The van der Waals surface area contributed by atoms with Crippen LogP contribution in [0.5, 0.6) is 5.75 Å². The van der Waals surface area contributed by atoms with E-state index < -0.39 is 0 Å². The summed E-state index contributed by atoms with van der Waals surface area (Å²) in [6.07, 6.45) is 2.18. The Labute approximate surface area is 125 Å². The lowest BCUT2D eigenvalue weighted by Crippen LogP contribution is -2.45. The first-order chi connectivity index (χ1) is 9.65. The number of hydrogen-bond acceptors (Lipinski definition) is 2. The molecule has 0 atom stereocenters. The van der Waals surface area contributed by atoms with Gasteiger partial charge in [0.15, 0.2) is 0 Å². The van der Waals surface area contributed by atoms with Crippen LogP contribution in [0, 0.1) is 5.92 Å². The summed E-state index contributed by atoms with van der Waals surface area (Å²) in [6, 6.07) is 7.21. The van der Waals surface area contributed by atoms with E-state index >= 15 is 0 Å². The number of likely N-dealkylation sites (tertiary alicyclic amines) is 1. The van der Waals surface area contributed by atoms with Crippen molar-refractivity contribution in [1.82, 2.24) is 10.2 Å². The van der Waals surface area contributed by atoms with Crippen LogP contribution in [0.2, 0.25) is 5.02 Å². The number of nitrogens with one attached hydrogen (secondary N) is 1. The number of nitrogens with zero attached hydrogens (tertiary/aromatic N) is 1. The number of ether oxygens (including phenoxy) is 1. The highest BCUT2D eigenvalue weighted by atomic mass is 35.5. The number of benzene rings is 1. The molecular formula is C15H21ClN2O2. The van der Waals surface area contributed by atoms with Gasteiger partial charge in [-0.05, 0) is 43.0 Å². The van der Waals surface area contributed by atoms with Gasteiger partial charge in [0.1, 0.15) is 12.4 Å². The zero-order valence-corrected chi connectivity index (χ0v) is 12.5. The molecule has 2 rings (SSSR count). The molecule has 1 fully saturated rings. The van der Waals surface area contributed by atoms with Gasteiger partial charge in [-0.3, -0.25) is 0 Å². The molecule has 1 N–H and O–H groups in total. The molecule has 0 spiro atoms. The smallest absolute Gasteiger partial charge is 0.317 e. The molecule has 0 unspecified atom stereocenters. The van der Waals surface area contributed by atoms with E-state index in [9.17, 15) is 4.79 Å². The summed E-state index contributed by atoms with van der Waals surface area (Å²) in [6.45, 7) is 4.90. The Morgan fingerprint density at radius 3 is 2.65 bits per heavy atom. The number of carbonyl (C=O) groups is 1. The van der Waals surface area contributed by atoms with E-state index in [-0.39, 0.29) is 6.03 Å². The third-order valence-corrected chi connectivity index (χ3v) is 3.78. The van der Waals surface area contributed by atoms with Gasteiger partial charge < -0.3 is 15.0 Å². The van der Waals surface area contributed by atoms with Crippen molar-refractivity contribution in [2.24, 2.45) is 5.92 Å². The van der Waals surface area contributed by atoms with Crippen LogP contribution in [-0.2, 0) is 0 Å². The number of hydrogen-bond donors (Lipinski definition) is 1. The van der Waals surface area contributed by atoms with Crippen molar-refractivity contribution in [3.8, 4) is 5.75 Å². The molecule has 20 heavy (non-hydrogen) atoms. The molecule has 1 heterocycles. The number of carbonyl (C=O) groups excluding carboxylic acids is 1. The van der Waals surface area contributed by atoms with Crippen molar-refractivity contribution >= 4 is 17.6 Å². The van der Waals surface area contributed by atoms with E-state index in [0.29, 0.717) is 18.2 Å². The second kappa shape index (κ2) is 7.39. The molecule has 0 aliphatic carbocycles. The van der Waals surface area contributed by atoms with E-state index in [1.165, 1.54) is 0 Å². The molecule has 5 heteroatoms. The molecule has 0 saturated carbocycles. The summed E-state index contributed by atoms with van der Waals surface area (Å²) in [5, 5.41) is 3.57. The van der Waals surface area contributed by atoms with Gasteiger partial charge >= 0.3 is 6.03 Å². The second-order valence-electron chi connectivity index (χ2n) is 5.20. The van der Waals surface area contributed by atoms with Crippen LogP contribution in [0.25, 0.3) is 0 Å². The molecule has 2 amide bonds. The van der Waals surface area contributed by atoms with Gasteiger partial charge in [-0.1, -0.05) is 18.5 Å². The predicted octanol–water partition coefficient (Wildman–Crippen LogP) is 3.16. The van der Waals surface area contributed by atoms with Crippen molar-refractivity contribution < 1.29 is 9.53 Å². The van der Waals surface area contributed by atoms with Gasteiger partial charge in [0.25, 0.3) is 0 Å². The number of piperidine rings is 1. The van der Waals surface area contributed by atoms with Crippen molar-refractivity contribution in [2.75, 3.05) is 26.2 Å². The molecule has 1 aromatic carbocycles. The lowest BCUT2D eigenvalue weighted by Gasteiger charge is -2.30. The van der Waals surface area contributed by atoms with Crippen LogP contribution < -0.4 is 10.1 Å². The fourth-order valence-corrected chi connectivity index (χ4v) is 2.31. The van der Waals surface area contributed by atoms with Crippen LogP contribution in [0.4, 0.5) is 4.79 Å². The molecule has 0 radical (unpaired) electrons. The minimum Gasteiger partial charge on any atom is -0.492 e. The summed E-state index contributed by atoms with van der Waals surface area (Å²) < 4.78 is 5.52. The Bertz CT molecular complexity index is 428. The van der Waals surface area contributed by atoms with Gasteiger partial charge in [0, 0.05) is 18.1 Å². The summed E-state index contributed by atoms with van der Waals surface area (Å²) in [5.41, 5.74) is 0. The van der Waals surface area contributed by atoms with Crippen molar-refractivity contribution in [1.29, 1.82) is 0 Å². The molecule has 1 saturated heterocycles. The van der Waals surface area contributed by atoms with E-state index in [4.69, 9.17) is 16.3 Å². The summed E-state index contributed by atoms with van der Waals surface area (Å²) >= 11 is 5.79. The Kier molecular flexibility index (Phi) is 5.53. The largest absolute Gasteiger partial charge is 0.492 e. The zero-order chi connectivity index (χ0) is 14.4. The standard InChI is InChI=1S/C15H21ClN2O2/c1-12-6-9-18(10-7-12)15(19)17-8-11-20-14-4-2-13(16)3-5-14/h2-5,12H,6-11H2,1H3,(H,17,19). The SMILES string of the molecule is CC1CCN(C(=O)NCCOc2ccc(Cl)cc2)CC1. The molecule has 1 aliphatic heterocycles. The second-order valence-corrected chi connectivity index (χ2v) is 5.64. The molecular weight excluding hydrogens is 276 g/mol. The number of halogens is 1. The first-order valence-electron chi connectivity index (χ1n) is 7.06. The molecule has 4 nitrogen and oxygen atoms in total. The maximum absolute atomic E-state index is 11.9. The lowest BCUT2D eigenvalue weighted by atomic mass is 10.00. The average molecular weight is 297 g/mol. The molecule has 0 bridgehead atoms. The number of urea groups is 1. The zero-order valence-electron chi connectivity index (χ0n) is 11.8. The minimum absolute atomic E-state index is 0.0107. The molecule has 110 valence electrons. The van der Waals surface area contributed by atoms with Crippen LogP contribution in [0.3, 0.4) is 0 Å². The Morgan fingerprint density at radius 1 is 1.35 bits per heavy atom. The summed E-state index contributed by atoms with van der Waals surface area (Å²) in [4.78, 5) is 13.8. The van der Waals surface area contributed by atoms with Crippen LogP contribution in [-0.4, -0.2) is 37.2 Å². The normalized spacial score (nSPS) is 16.0. The number of amides is 2. The van der Waals surface area contributed by atoms with E-state index in [1.807, 2.05) is 17.0 Å². The van der Waals surface area contributed by atoms with Crippen LogP contribution >= 0.6 is 11.6 Å². The van der Waals surface area contributed by atoms with E-state index in [1.54, 1.807) is 12.1 Å². The first-order valence-corrected chi connectivity index (χ1v) is 7.44. The average Bonchev–Trinajstić information content (AvgIpc) is 2.46. The van der Waals surface area contributed by atoms with Crippen LogP contribution in [0.1, 0.15) is 19.8 Å². The van der Waals surface area contributed by atoms with Gasteiger partial charge in [0.05, 0.1) is 6.54 Å². The van der Waals surface area contributed by atoms with Crippen molar-refractivity contribution in [2.45, 2.75) is 19.8 Å². The monoisotopic (exact) mass is 296 g/mol. The number of rotatable bonds is 4. The van der Waals surface area contributed by atoms with Gasteiger partial charge in [0.2, 0.25) is 0 Å². The Balaban J connectivity index is 1.63. The highest BCUT2D eigenvalue weighted by molar-refractivity contribution is 6.30. The molecule has 1 aliphatic rings. The van der Waals surface area contributed by atoms with Crippen LogP contribution in [0.15, 0.2) is 24.3 Å². The minimum atomic E-state index is 0.0107. The highest BCUT2D eigenvalue weighted by Gasteiger charge is 2.19. The lowest BCUT2D eigenvalue weighted by molar-refractivity contribution is 0.172. The third kappa shape index (κ3) is 4.60. The highest BCUT2D eigenvalue weighted by Crippen LogP contribution is 2.16. The molecule has 0 aromatic heterocycles. The maximum Gasteiger partial charge on any atom is 0.317 e. The summed E-state index contributed by atoms with van der Waals surface area (Å²) in [5.74, 6) is 1.49. The topological polar surface area (TPSA) is 41.6 Å². The Hall–Kier alpha value is -1.42. The third-order valence-electron chi connectivity index (χ3n) is 3.53. The van der Waals surface area contributed by atoms with E-state index in [2.05, 4.69) is 12.2 Å². The van der Waals surface area contributed by atoms with Crippen molar-refractivity contribution in [3.63, 3.8) is 0 Å². The fourth-order valence-electron chi connectivity index (χ4n) is 2.18. The maximum atomic E-state index is 11.9. The quantitative estimate of drug-likeness (QED) is 0.867.